The highest BCUT2D eigenvalue weighted by atomic mass is 16.6. The van der Waals surface area contributed by atoms with Crippen LogP contribution in [0.2, 0.25) is 0 Å². The van der Waals surface area contributed by atoms with Gasteiger partial charge in [0.2, 0.25) is 0 Å². The second kappa shape index (κ2) is 7.65. The maximum atomic E-state index is 12.2. The highest BCUT2D eigenvalue weighted by molar-refractivity contribution is 5.93. The molecule has 8 nitrogen and oxygen atoms in total. The summed E-state index contributed by atoms with van der Waals surface area (Å²) in [6.07, 6.45) is 7.64. The van der Waals surface area contributed by atoms with Crippen LogP contribution in [0.15, 0.2) is 18.2 Å². The van der Waals surface area contributed by atoms with Crippen molar-refractivity contribution in [3.8, 4) is 0 Å². The van der Waals surface area contributed by atoms with E-state index >= 15 is 0 Å². The molecule has 0 saturated heterocycles. The Morgan fingerprint density at radius 3 is 2.34 bits per heavy atom. The minimum absolute atomic E-state index is 0.0459. The molecule has 2 N–H and O–H groups in total. The van der Waals surface area contributed by atoms with Gasteiger partial charge < -0.3 is 15.4 Å². The Morgan fingerprint density at radius 2 is 1.79 bits per heavy atom. The van der Waals surface area contributed by atoms with Crippen molar-refractivity contribution in [3.63, 3.8) is 0 Å². The fourth-order valence-electron chi connectivity index (χ4n) is 6.08. The summed E-state index contributed by atoms with van der Waals surface area (Å²) in [6.45, 7) is 0.266. The maximum Gasteiger partial charge on any atom is 0.338 e. The number of carbonyl (C=O) groups excluding carboxylic acids is 2. The fraction of sp³-hybridized carbons (Fsp3) is 0.619. The van der Waals surface area contributed by atoms with Gasteiger partial charge in [0, 0.05) is 19.7 Å². The summed E-state index contributed by atoms with van der Waals surface area (Å²) in [5.41, 5.74) is 0.357. The van der Waals surface area contributed by atoms with Crippen LogP contribution in [0.1, 0.15) is 48.9 Å². The number of benzene rings is 1. The lowest BCUT2D eigenvalue weighted by Gasteiger charge is -2.56. The number of ether oxygens (including phenoxy) is 1. The molecule has 0 spiro atoms. The third kappa shape index (κ3) is 4.06. The Bertz CT molecular complexity index is 802. The Morgan fingerprint density at radius 1 is 1.17 bits per heavy atom. The van der Waals surface area contributed by atoms with Crippen molar-refractivity contribution >= 4 is 23.3 Å². The first kappa shape index (κ1) is 19.7. The van der Waals surface area contributed by atoms with Gasteiger partial charge in [0.1, 0.15) is 5.69 Å². The summed E-state index contributed by atoms with van der Waals surface area (Å²) in [5, 5.41) is 16.8. The molecule has 0 aromatic heterocycles. The first-order valence-corrected chi connectivity index (χ1v) is 10.3. The standard InChI is InChI=1S/C21H27N3O5/c1-22-17-3-2-16(7-18(17)24(27)28)20(26)29-11-19(25)23-12-21-8-13-4-14(9-21)6-15(5-13)10-21/h2-3,7,13-15,22H,4-6,8-12H2,1H3,(H,23,25). The van der Waals surface area contributed by atoms with Crippen molar-refractivity contribution in [2.45, 2.75) is 38.5 Å². The monoisotopic (exact) mass is 401 g/mol. The van der Waals surface area contributed by atoms with E-state index in [0.717, 1.165) is 23.8 Å². The molecule has 4 fully saturated rings. The topological polar surface area (TPSA) is 111 Å². The molecular weight excluding hydrogens is 374 g/mol. The predicted molar refractivity (Wildman–Crippen MR) is 107 cm³/mol. The minimum atomic E-state index is -0.749. The van der Waals surface area contributed by atoms with E-state index in [9.17, 15) is 19.7 Å². The van der Waals surface area contributed by atoms with E-state index < -0.39 is 10.9 Å². The van der Waals surface area contributed by atoms with E-state index in [1.807, 2.05) is 0 Å². The predicted octanol–water partition coefficient (Wildman–Crippen LogP) is 3.13. The molecule has 1 aromatic carbocycles. The number of nitrogens with one attached hydrogen (secondary N) is 2. The molecule has 1 amide bonds. The highest BCUT2D eigenvalue weighted by Gasteiger charge is 2.50. The Hall–Kier alpha value is -2.64. The van der Waals surface area contributed by atoms with Gasteiger partial charge in [-0.25, -0.2) is 4.79 Å². The summed E-state index contributed by atoms with van der Waals surface area (Å²) in [7, 11) is 1.56. The van der Waals surface area contributed by atoms with Gasteiger partial charge in [-0.1, -0.05) is 0 Å². The molecule has 29 heavy (non-hydrogen) atoms. The number of amides is 1. The van der Waals surface area contributed by atoms with Crippen molar-refractivity contribution in [1.29, 1.82) is 0 Å². The second-order valence-corrected chi connectivity index (χ2v) is 9.01. The number of hydrogen-bond donors (Lipinski definition) is 2. The largest absolute Gasteiger partial charge is 0.452 e. The van der Waals surface area contributed by atoms with Gasteiger partial charge in [0.05, 0.1) is 10.5 Å². The van der Waals surface area contributed by atoms with Gasteiger partial charge in [0.25, 0.3) is 11.6 Å². The molecular formula is C21H27N3O5. The van der Waals surface area contributed by atoms with Crippen LogP contribution in [-0.4, -0.2) is 37.0 Å². The molecule has 0 heterocycles. The average Bonchev–Trinajstić information content (AvgIpc) is 2.69. The van der Waals surface area contributed by atoms with Crippen LogP contribution in [0.25, 0.3) is 0 Å². The Balaban J connectivity index is 1.29. The first-order chi connectivity index (χ1) is 13.9. The zero-order valence-electron chi connectivity index (χ0n) is 16.6. The Kier molecular flexibility index (Phi) is 5.19. The quantitative estimate of drug-likeness (QED) is 0.413. The van der Waals surface area contributed by atoms with Crippen molar-refractivity contribution in [1.82, 2.24) is 5.32 Å². The second-order valence-electron chi connectivity index (χ2n) is 9.01. The van der Waals surface area contributed by atoms with E-state index in [4.69, 9.17) is 4.74 Å². The number of hydrogen-bond acceptors (Lipinski definition) is 6. The minimum Gasteiger partial charge on any atom is -0.452 e. The molecule has 5 rings (SSSR count). The molecule has 0 atom stereocenters. The zero-order chi connectivity index (χ0) is 20.6. The van der Waals surface area contributed by atoms with Gasteiger partial charge in [0.15, 0.2) is 6.61 Å². The maximum absolute atomic E-state index is 12.2. The molecule has 4 saturated carbocycles. The molecule has 4 aliphatic rings. The highest BCUT2D eigenvalue weighted by Crippen LogP contribution is 2.59. The molecule has 156 valence electrons. The van der Waals surface area contributed by atoms with E-state index in [1.165, 1.54) is 50.7 Å². The average molecular weight is 401 g/mol. The lowest BCUT2D eigenvalue weighted by Crippen LogP contribution is -2.51. The molecule has 1 aromatic rings. The SMILES string of the molecule is CNc1ccc(C(=O)OCC(=O)NCC23CC4CC(CC(C4)C2)C3)cc1[N+](=O)[O-]. The number of nitro benzene ring substituents is 1. The third-order valence-corrected chi connectivity index (χ3v) is 6.86. The molecule has 0 aliphatic heterocycles. The number of rotatable bonds is 7. The smallest absolute Gasteiger partial charge is 0.338 e. The molecule has 0 radical (unpaired) electrons. The van der Waals surface area contributed by atoms with Crippen LogP contribution in [-0.2, 0) is 9.53 Å². The van der Waals surface area contributed by atoms with Crippen LogP contribution < -0.4 is 10.6 Å². The van der Waals surface area contributed by atoms with Crippen molar-refractivity contribution in [3.05, 3.63) is 33.9 Å². The molecule has 4 bridgehead atoms. The number of nitrogens with zero attached hydrogens (tertiary/aromatic N) is 1. The lowest BCUT2D eigenvalue weighted by atomic mass is 9.49. The molecule has 4 aliphatic carbocycles. The van der Waals surface area contributed by atoms with Crippen molar-refractivity contribution < 1.29 is 19.2 Å². The van der Waals surface area contributed by atoms with Crippen LogP contribution in [0.4, 0.5) is 11.4 Å². The summed E-state index contributed by atoms with van der Waals surface area (Å²) < 4.78 is 5.08. The van der Waals surface area contributed by atoms with Crippen LogP contribution in [0, 0.1) is 33.3 Å². The summed E-state index contributed by atoms with van der Waals surface area (Å²) in [4.78, 5) is 35.0. The number of esters is 1. The number of nitro groups is 1. The molecule has 8 heteroatoms. The summed E-state index contributed by atoms with van der Waals surface area (Å²) in [6, 6.07) is 4.04. The van der Waals surface area contributed by atoms with Crippen LogP contribution in [0.3, 0.4) is 0 Å². The van der Waals surface area contributed by atoms with Gasteiger partial charge in [-0.15, -0.1) is 0 Å². The van der Waals surface area contributed by atoms with E-state index in [0.29, 0.717) is 12.2 Å². The van der Waals surface area contributed by atoms with Crippen molar-refractivity contribution in [2.75, 3.05) is 25.5 Å². The van der Waals surface area contributed by atoms with E-state index in [-0.39, 0.29) is 29.2 Å². The van der Waals surface area contributed by atoms with Crippen LogP contribution in [0.5, 0.6) is 0 Å². The van der Waals surface area contributed by atoms with Gasteiger partial charge in [-0.2, -0.15) is 0 Å². The summed E-state index contributed by atoms with van der Waals surface area (Å²) in [5.74, 6) is 1.36. The van der Waals surface area contributed by atoms with Gasteiger partial charge in [-0.3, -0.25) is 14.9 Å². The summed E-state index contributed by atoms with van der Waals surface area (Å²) >= 11 is 0. The third-order valence-electron chi connectivity index (χ3n) is 6.86. The Labute approximate surface area is 169 Å². The van der Waals surface area contributed by atoms with Gasteiger partial charge in [-0.05, 0) is 73.8 Å². The van der Waals surface area contributed by atoms with Crippen LogP contribution >= 0.6 is 0 Å². The number of anilines is 1. The fourth-order valence-corrected chi connectivity index (χ4v) is 6.08. The number of carbonyl (C=O) groups is 2. The normalized spacial score (nSPS) is 29.3. The lowest BCUT2D eigenvalue weighted by molar-refractivity contribution is -0.384. The van der Waals surface area contributed by atoms with Crippen molar-refractivity contribution in [2.24, 2.45) is 23.2 Å². The molecule has 0 unspecified atom stereocenters. The van der Waals surface area contributed by atoms with Gasteiger partial charge >= 0.3 is 5.97 Å². The zero-order valence-corrected chi connectivity index (χ0v) is 16.6. The van der Waals surface area contributed by atoms with E-state index in [2.05, 4.69) is 10.6 Å². The first-order valence-electron chi connectivity index (χ1n) is 10.3. The van der Waals surface area contributed by atoms with E-state index in [1.54, 1.807) is 7.05 Å².